The van der Waals surface area contributed by atoms with Crippen LogP contribution >= 0.6 is 0 Å². The molecule has 1 aliphatic heterocycles. The van der Waals surface area contributed by atoms with Gasteiger partial charge < -0.3 is 20.3 Å². The number of piperidine rings is 1. The summed E-state index contributed by atoms with van der Waals surface area (Å²) < 4.78 is 30.0. The first-order valence-electron chi connectivity index (χ1n) is 13.3. The summed E-state index contributed by atoms with van der Waals surface area (Å²) in [5.41, 5.74) is 1.82. The van der Waals surface area contributed by atoms with Crippen LogP contribution in [0.25, 0.3) is 10.9 Å². The Bertz CT molecular complexity index is 1510. The number of carbonyl (C=O) groups excluding carboxylic acids is 1. The summed E-state index contributed by atoms with van der Waals surface area (Å²) in [6.45, 7) is 10.8. The van der Waals surface area contributed by atoms with E-state index in [-0.39, 0.29) is 4.90 Å². The number of carbonyl (C=O) groups is 1. The van der Waals surface area contributed by atoms with Crippen LogP contribution in [0.1, 0.15) is 70.6 Å². The largest absolute Gasteiger partial charge is 0.444 e. The Kier molecular flexibility index (Phi) is 6.72. The third-order valence-electron chi connectivity index (χ3n) is 7.31. The summed E-state index contributed by atoms with van der Waals surface area (Å²) in [6, 6.07) is 4.90. The van der Waals surface area contributed by atoms with Crippen LogP contribution in [-0.2, 0) is 14.6 Å². The first-order chi connectivity index (χ1) is 18.2. The Labute approximate surface area is 229 Å². The van der Waals surface area contributed by atoms with Crippen LogP contribution in [0.4, 0.5) is 22.4 Å². The lowest BCUT2D eigenvalue weighted by Crippen LogP contribution is -2.54. The molecule has 0 spiro atoms. The van der Waals surface area contributed by atoms with Crippen molar-refractivity contribution in [1.29, 1.82) is 0 Å². The van der Waals surface area contributed by atoms with E-state index in [2.05, 4.69) is 25.7 Å². The fourth-order valence-corrected chi connectivity index (χ4v) is 5.50. The standard InChI is InChI=1S/C27H37N7O4S/c1-16-21(17-7-8-17)32-33-22(16)29-23-19-15-18(39(6,36)37)9-10-20(19)28-24(30-23)34-13-11-27(5,12-14-34)31-25(35)38-26(2,3)4/h9-10,15,17H,7-8,11-14H2,1-6H3,(H,31,35)(H2,28,29,30,32,33). The number of nitrogens with one attached hydrogen (secondary N) is 3. The van der Waals surface area contributed by atoms with E-state index < -0.39 is 27.1 Å². The van der Waals surface area contributed by atoms with Gasteiger partial charge in [-0.05, 0) is 78.5 Å². The van der Waals surface area contributed by atoms with Crippen LogP contribution in [0.5, 0.6) is 0 Å². The fourth-order valence-electron chi connectivity index (χ4n) is 4.85. The maximum absolute atomic E-state index is 12.4. The number of hydrogen-bond donors (Lipinski definition) is 3. The van der Waals surface area contributed by atoms with E-state index in [0.717, 1.165) is 24.1 Å². The first kappa shape index (κ1) is 27.2. The lowest BCUT2D eigenvalue weighted by Gasteiger charge is -2.40. The Morgan fingerprint density at radius 2 is 1.85 bits per heavy atom. The number of amides is 1. The minimum atomic E-state index is -3.42. The van der Waals surface area contributed by atoms with E-state index in [1.54, 1.807) is 18.2 Å². The van der Waals surface area contributed by atoms with Gasteiger partial charge in [0.1, 0.15) is 11.4 Å². The highest BCUT2D eigenvalue weighted by molar-refractivity contribution is 7.90. The molecule has 2 aromatic heterocycles. The topological polar surface area (TPSA) is 142 Å². The molecule has 210 valence electrons. The number of rotatable bonds is 6. The normalized spacial score (nSPS) is 17.7. The van der Waals surface area contributed by atoms with Gasteiger partial charge in [0.15, 0.2) is 15.7 Å². The Morgan fingerprint density at radius 3 is 2.46 bits per heavy atom. The van der Waals surface area contributed by atoms with Gasteiger partial charge in [-0.15, -0.1) is 0 Å². The summed E-state index contributed by atoms with van der Waals surface area (Å²) in [4.78, 5) is 24.3. The van der Waals surface area contributed by atoms with Gasteiger partial charge in [-0.25, -0.2) is 18.2 Å². The van der Waals surface area contributed by atoms with Crippen molar-refractivity contribution in [2.24, 2.45) is 0 Å². The van der Waals surface area contributed by atoms with Gasteiger partial charge in [-0.3, -0.25) is 5.10 Å². The molecule has 5 rings (SSSR count). The second kappa shape index (κ2) is 9.65. The SMILES string of the molecule is Cc1c(Nc2nc(N3CCC(C)(NC(=O)OC(C)(C)C)CC3)nc3ccc(S(C)(=O)=O)cc23)n[nH]c1C1CC1. The second-order valence-corrected chi connectivity index (χ2v) is 14.0. The zero-order chi connectivity index (χ0) is 28.2. The molecule has 1 saturated heterocycles. The molecule has 1 amide bonds. The molecule has 2 aliphatic rings. The molecule has 3 aromatic rings. The lowest BCUT2D eigenvalue weighted by molar-refractivity contribution is 0.0448. The van der Waals surface area contributed by atoms with E-state index >= 15 is 0 Å². The zero-order valence-corrected chi connectivity index (χ0v) is 24.2. The number of benzene rings is 1. The predicted octanol–water partition coefficient (Wildman–Crippen LogP) is 4.57. The average molecular weight is 556 g/mol. The van der Waals surface area contributed by atoms with Gasteiger partial charge >= 0.3 is 6.09 Å². The van der Waals surface area contributed by atoms with Crippen LogP contribution in [0.3, 0.4) is 0 Å². The molecule has 1 saturated carbocycles. The van der Waals surface area contributed by atoms with Crippen LogP contribution in [-0.4, -0.2) is 65.2 Å². The van der Waals surface area contributed by atoms with E-state index in [9.17, 15) is 13.2 Å². The van der Waals surface area contributed by atoms with Crippen LogP contribution in [0.15, 0.2) is 23.1 Å². The third kappa shape index (κ3) is 6.10. The van der Waals surface area contributed by atoms with Crippen molar-refractivity contribution in [1.82, 2.24) is 25.5 Å². The molecule has 2 fully saturated rings. The maximum Gasteiger partial charge on any atom is 0.408 e. The third-order valence-corrected chi connectivity index (χ3v) is 8.42. The van der Waals surface area contributed by atoms with E-state index in [1.807, 2.05) is 34.6 Å². The average Bonchev–Trinajstić information content (AvgIpc) is 3.60. The summed E-state index contributed by atoms with van der Waals surface area (Å²) in [7, 11) is -3.42. The Balaban J connectivity index is 1.43. The molecule has 3 N–H and O–H groups in total. The molecule has 39 heavy (non-hydrogen) atoms. The van der Waals surface area contributed by atoms with Gasteiger partial charge in [-0.1, -0.05) is 0 Å². The summed E-state index contributed by atoms with van der Waals surface area (Å²) in [5.74, 6) is 2.21. The molecule has 0 bridgehead atoms. The van der Waals surface area contributed by atoms with Gasteiger partial charge in [0, 0.05) is 47.4 Å². The van der Waals surface area contributed by atoms with Crippen molar-refractivity contribution in [2.45, 2.75) is 82.3 Å². The van der Waals surface area contributed by atoms with E-state index in [0.29, 0.717) is 60.3 Å². The van der Waals surface area contributed by atoms with E-state index in [1.165, 1.54) is 6.26 Å². The molecule has 12 heteroatoms. The summed E-state index contributed by atoms with van der Waals surface area (Å²) in [5, 5.41) is 14.6. The van der Waals surface area contributed by atoms with Gasteiger partial charge in [-0.2, -0.15) is 10.1 Å². The molecule has 0 unspecified atom stereocenters. The number of hydrogen-bond acceptors (Lipinski definition) is 9. The number of aromatic amines is 1. The highest BCUT2D eigenvalue weighted by atomic mass is 32.2. The van der Waals surface area contributed by atoms with Crippen molar-refractivity contribution >= 4 is 44.4 Å². The smallest absolute Gasteiger partial charge is 0.408 e. The lowest BCUT2D eigenvalue weighted by atomic mass is 9.90. The Hall–Kier alpha value is -3.41. The number of sulfone groups is 1. The summed E-state index contributed by atoms with van der Waals surface area (Å²) in [6.07, 6.45) is 4.44. The van der Waals surface area contributed by atoms with Crippen molar-refractivity contribution in [3.05, 3.63) is 29.5 Å². The highest BCUT2D eigenvalue weighted by Gasteiger charge is 2.34. The second-order valence-electron chi connectivity index (χ2n) is 12.0. The number of alkyl carbamates (subject to hydrolysis) is 1. The molecule has 0 radical (unpaired) electrons. The van der Waals surface area contributed by atoms with Crippen molar-refractivity contribution < 1.29 is 17.9 Å². The number of aromatic nitrogens is 4. The monoisotopic (exact) mass is 555 g/mol. The van der Waals surface area contributed by atoms with Crippen LogP contribution in [0.2, 0.25) is 0 Å². The van der Waals surface area contributed by atoms with Crippen LogP contribution in [0, 0.1) is 6.92 Å². The van der Waals surface area contributed by atoms with Crippen molar-refractivity contribution in [2.75, 3.05) is 29.6 Å². The van der Waals surface area contributed by atoms with Crippen LogP contribution < -0.4 is 15.5 Å². The zero-order valence-electron chi connectivity index (χ0n) is 23.4. The molecule has 3 heterocycles. The van der Waals surface area contributed by atoms with E-state index in [4.69, 9.17) is 14.7 Å². The molecule has 11 nitrogen and oxygen atoms in total. The number of nitrogens with zero attached hydrogens (tertiary/aromatic N) is 4. The molecule has 1 aliphatic carbocycles. The molecule has 0 atom stereocenters. The first-order valence-corrected chi connectivity index (χ1v) is 15.2. The molecule has 1 aromatic carbocycles. The number of fused-ring (bicyclic) bond motifs is 1. The van der Waals surface area contributed by atoms with Gasteiger partial charge in [0.25, 0.3) is 0 Å². The maximum atomic E-state index is 12.4. The van der Waals surface area contributed by atoms with Crippen molar-refractivity contribution in [3.63, 3.8) is 0 Å². The number of anilines is 3. The minimum absolute atomic E-state index is 0.203. The van der Waals surface area contributed by atoms with Gasteiger partial charge in [0.2, 0.25) is 5.95 Å². The molecular weight excluding hydrogens is 518 g/mol. The van der Waals surface area contributed by atoms with Gasteiger partial charge in [0.05, 0.1) is 10.4 Å². The minimum Gasteiger partial charge on any atom is -0.444 e. The summed E-state index contributed by atoms with van der Waals surface area (Å²) >= 11 is 0. The fraction of sp³-hybridized carbons (Fsp3) is 0.556. The van der Waals surface area contributed by atoms with Crippen molar-refractivity contribution in [3.8, 4) is 0 Å². The number of H-pyrrole nitrogens is 1. The number of ether oxygens (including phenoxy) is 1. The quantitative estimate of drug-likeness (QED) is 0.399. The highest BCUT2D eigenvalue weighted by Crippen LogP contribution is 2.42. The predicted molar refractivity (Wildman–Crippen MR) is 150 cm³/mol. The molecular formula is C27H37N7O4S. The Morgan fingerprint density at radius 1 is 1.15 bits per heavy atom.